The number of aromatic nitrogens is 1. The summed E-state index contributed by atoms with van der Waals surface area (Å²) in [5.41, 5.74) is 2.56. The Bertz CT molecular complexity index is 1090. The van der Waals surface area contributed by atoms with Gasteiger partial charge in [0, 0.05) is 17.4 Å². The molecular formula is C26H25N3O2. The number of para-hydroxylation sites is 1. The van der Waals surface area contributed by atoms with Crippen LogP contribution in [0.3, 0.4) is 0 Å². The number of benzene rings is 2. The number of nitrogens with zero attached hydrogens (tertiary/aromatic N) is 2. The first-order valence-electron chi connectivity index (χ1n) is 10.9. The van der Waals surface area contributed by atoms with Crippen LogP contribution in [0.25, 0.3) is 0 Å². The molecule has 5 nitrogen and oxygen atoms in total. The minimum Gasteiger partial charge on any atom is -0.350 e. The number of fused-ring (bicyclic) bond motifs is 1. The minimum absolute atomic E-state index is 0.0162. The topological polar surface area (TPSA) is 62.3 Å². The first kappa shape index (κ1) is 19.5. The van der Waals surface area contributed by atoms with Crippen molar-refractivity contribution in [2.45, 2.75) is 43.7 Å². The number of hydrogen-bond donors (Lipinski definition) is 1. The average Bonchev–Trinajstić information content (AvgIpc) is 3.28. The number of carbonyl (C=O) groups is 2. The fourth-order valence-corrected chi connectivity index (χ4v) is 5.30. The summed E-state index contributed by atoms with van der Waals surface area (Å²) < 4.78 is 0. The van der Waals surface area contributed by atoms with E-state index >= 15 is 0 Å². The molecule has 1 aliphatic heterocycles. The monoisotopic (exact) mass is 411 g/mol. The highest BCUT2D eigenvalue weighted by Crippen LogP contribution is 2.51. The fourth-order valence-electron chi connectivity index (χ4n) is 5.30. The predicted molar refractivity (Wildman–Crippen MR) is 120 cm³/mol. The van der Waals surface area contributed by atoms with Gasteiger partial charge in [0.2, 0.25) is 5.91 Å². The maximum atomic E-state index is 13.7. The molecule has 1 atom stereocenters. The zero-order valence-electron chi connectivity index (χ0n) is 17.3. The summed E-state index contributed by atoms with van der Waals surface area (Å²) in [7, 11) is 0. The van der Waals surface area contributed by atoms with E-state index in [2.05, 4.69) is 10.3 Å². The molecule has 2 aromatic carbocycles. The van der Waals surface area contributed by atoms with Crippen molar-refractivity contribution in [3.05, 3.63) is 95.8 Å². The molecule has 2 amide bonds. The average molecular weight is 412 g/mol. The Balaban J connectivity index is 1.59. The van der Waals surface area contributed by atoms with Crippen LogP contribution in [-0.4, -0.2) is 22.3 Å². The van der Waals surface area contributed by atoms with Crippen molar-refractivity contribution in [2.75, 3.05) is 4.90 Å². The number of pyridine rings is 1. The highest BCUT2D eigenvalue weighted by atomic mass is 16.2. The van der Waals surface area contributed by atoms with Gasteiger partial charge in [0.05, 0.1) is 23.7 Å². The summed E-state index contributed by atoms with van der Waals surface area (Å²) >= 11 is 0. The first-order valence-corrected chi connectivity index (χ1v) is 10.9. The highest BCUT2D eigenvalue weighted by molar-refractivity contribution is 6.12. The number of hydrogen-bond acceptors (Lipinski definition) is 3. The molecule has 1 N–H and O–H groups in total. The third-order valence-corrected chi connectivity index (χ3v) is 6.60. The molecule has 5 heteroatoms. The van der Waals surface area contributed by atoms with Gasteiger partial charge in [-0.1, -0.05) is 55.3 Å². The molecule has 0 saturated heterocycles. The van der Waals surface area contributed by atoms with Crippen LogP contribution in [0, 0.1) is 0 Å². The van der Waals surface area contributed by atoms with E-state index in [9.17, 15) is 9.59 Å². The summed E-state index contributed by atoms with van der Waals surface area (Å²) in [6.45, 7) is 0.369. The second-order valence-electron chi connectivity index (χ2n) is 8.35. The summed E-state index contributed by atoms with van der Waals surface area (Å²) in [6.07, 6.45) is 5.35. The van der Waals surface area contributed by atoms with Gasteiger partial charge in [-0.15, -0.1) is 0 Å². The molecule has 5 rings (SSSR count). The van der Waals surface area contributed by atoms with Gasteiger partial charge in [0.25, 0.3) is 5.91 Å². The van der Waals surface area contributed by atoms with Crippen LogP contribution in [0.1, 0.15) is 53.2 Å². The molecule has 1 aromatic heterocycles. The van der Waals surface area contributed by atoms with Crippen LogP contribution in [-0.2, 0) is 11.3 Å². The summed E-state index contributed by atoms with van der Waals surface area (Å²) in [6, 6.07) is 23.0. The molecule has 0 bridgehead atoms. The van der Waals surface area contributed by atoms with E-state index in [4.69, 9.17) is 0 Å². The van der Waals surface area contributed by atoms with Crippen LogP contribution >= 0.6 is 0 Å². The van der Waals surface area contributed by atoms with E-state index in [1.807, 2.05) is 77.7 Å². The molecule has 2 aliphatic rings. The van der Waals surface area contributed by atoms with Gasteiger partial charge >= 0.3 is 0 Å². The molecule has 1 unspecified atom stereocenters. The van der Waals surface area contributed by atoms with Gasteiger partial charge in [-0.3, -0.25) is 14.6 Å². The second-order valence-corrected chi connectivity index (χ2v) is 8.35. The van der Waals surface area contributed by atoms with E-state index in [0.29, 0.717) is 12.1 Å². The molecule has 1 saturated carbocycles. The smallest absolute Gasteiger partial charge is 0.259 e. The van der Waals surface area contributed by atoms with Gasteiger partial charge < -0.3 is 10.2 Å². The second kappa shape index (κ2) is 7.99. The summed E-state index contributed by atoms with van der Waals surface area (Å²) in [5.74, 6) is -0.487. The third-order valence-electron chi connectivity index (χ3n) is 6.60. The molecule has 1 aliphatic carbocycles. The van der Waals surface area contributed by atoms with Crippen LogP contribution in [0.4, 0.5) is 5.69 Å². The summed E-state index contributed by atoms with van der Waals surface area (Å²) in [4.78, 5) is 33.6. The number of anilines is 1. The largest absolute Gasteiger partial charge is 0.350 e. The lowest BCUT2D eigenvalue weighted by Gasteiger charge is -2.50. The van der Waals surface area contributed by atoms with Crippen molar-refractivity contribution in [2.24, 2.45) is 0 Å². The molecule has 156 valence electrons. The fraction of sp³-hybridized carbons (Fsp3) is 0.269. The Morgan fingerprint density at radius 1 is 0.968 bits per heavy atom. The lowest BCUT2D eigenvalue weighted by molar-refractivity contribution is -0.124. The van der Waals surface area contributed by atoms with E-state index in [0.717, 1.165) is 42.6 Å². The Kier molecular flexibility index (Phi) is 5.02. The van der Waals surface area contributed by atoms with Crippen molar-refractivity contribution in [1.29, 1.82) is 0 Å². The van der Waals surface area contributed by atoms with E-state index < -0.39 is 11.5 Å². The molecule has 2 heterocycles. The maximum absolute atomic E-state index is 13.7. The molecule has 1 spiro atoms. The van der Waals surface area contributed by atoms with Crippen LogP contribution in [0.2, 0.25) is 0 Å². The highest BCUT2D eigenvalue weighted by Gasteiger charge is 2.56. The van der Waals surface area contributed by atoms with Crippen molar-refractivity contribution in [1.82, 2.24) is 10.3 Å². The zero-order chi connectivity index (χ0) is 21.3. The van der Waals surface area contributed by atoms with E-state index in [-0.39, 0.29) is 11.8 Å². The van der Waals surface area contributed by atoms with Crippen LogP contribution in [0.15, 0.2) is 79.0 Å². The van der Waals surface area contributed by atoms with Crippen LogP contribution < -0.4 is 10.2 Å². The zero-order valence-corrected chi connectivity index (χ0v) is 17.3. The van der Waals surface area contributed by atoms with Gasteiger partial charge in [-0.25, -0.2) is 0 Å². The third kappa shape index (κ3) is 3.30. The van der Waals surface area contributed by atoms with Gasteiger partial charge in [-0.2, -0.15) is 0 Å². The maximum Gasteiger partial charge on any atom is 0.259 e. The van der Waals surface area contributed by atoms with Gasteiger partial charge in [-0.05, 0) is 48.7 Å². The van der Waals surface area contributed by atoms with Gasteiger partial charge in [0.1, 0.15) is 0 Å². The quantitative estimate of drug-likeness (QED) is 0.690. The number of rotatable bonds is 4. The van der Waals surface area contributed by atoms with Crippen molar-refractivity contribution >= 4 is 17.5 Å². The number of nitrogens with one attached hydrogen (secondary N) is 1. The van der Waals surface area contributed by atoms with Crippen molar-refractivity contribution in [3.63, 3.8) is 0 Å². The Hall–Kier alpha value is -3.47. The normalized spacial score (nSPS) is 19.3. The lowest BCUT2D eigenvalue weighted by atomic mass is 9.70. The summed E-state index contributed by atoms with van der Waals surface area (Å²) in [5, 5.41) is 3.11. The van der Waals surface area contributed by atoms with Crippen molar-refractivity contribution < 1.29 is 9.59 Å². The van der Waals surface area contributed by atoms with Gasteiger partial charge in [0.15, 0.2) is 0 Å². The van der Waals surface area contributed by atoms with Crippen LogP contribution in [0.5, 0.6) is 0 Å². The SMILES string of the molecule is O=C(NCc1ccccn1)C1c2ccccc2C(=O)N(c2ccccc2)C12CCCC2. The number of amides is 2. The molecule has 31 heavy (non-hydrogen) atoms. The standard InChI is InChI=1S/C26H25N3O2/c30-24(28-18-19-10-6-9-17-27-19)23-21-13-4-5-14-22(21)25(31)29(20-11-2-1-3-12-20)26(23)15-7-8-16-26/h1-6,9-14,17,23H,7-8,15-16,18H2,(H,28,30). The van der Waals surface area contributed by atoms with E-state index in [1.54, 1.807) is 6.20 Å². The molecule has 3 aromatic rings. The lowest BCUT2D eigenvalue weighted by Crippen LogP contribution is -2.61. The molecule has 0 radical (unpaired) electrons. The van der Waals surface area contributed by atoms with E-state index in [1.165, 1.54) is 0 Å². The Morgan fingerprint density at radius 2 is 1.68 bits per heavy atom. The number of carbonyl (C=O) groups excluding carboxylic acids is 2. The molecule has 1 fully saturated rings. The molecular weight excluding hydrogens is 386 g/mol. The minimum atomic E-state index is -0.555. The first-order chi connectivity index (χ1) is 15.2. The Labute approximate surface area is 182 Å². The van der Waals surface area contributed by atoms with Crippen molar-refractivity contribution in [3.8, 4) is 0 Å². The Morgan fingerprint density at radius 3 is 2.42 bits per heavy atom. The predicted octanol–water partition coefficient (Wildman–Crippen LogP) is 4.45.